The van der Waals surface area contributed by atoms with Gasteiger partial charge in [-0.05, 0) is 45.7 Å². The minimum atomic E-state index is -0.417. The Morgan fingerprint density at radius 2 is 1.70 bits per heavy atom. The Morgan fingerprint density at radius 3 is 2.33 bits per heavy atom. The number of ether oxygens (including phenoxy) is 3. The fourth-order valence-electron chi connectivity index (χ4n) is 3.87. The van der Waals surface area contributed by atoms with Gasteiger partial charge < -0.3 is 14.2 Å². The highest BCUT2D eigenvalue weighted by Gasteiger charge is 2.29. The highest BCUT2D eigenvalue weighted by molar-refractivity contribution is 5.70. The number of aromatic nitrogens is 2. The van der Waals surface area contributed by atoms with Crippen LogP contribution >= 0.6 is 0 Å². The van der Waals surface area contributed by atoms with Crippen molar-refractivity contribution in [1.82, 2.24) is 9.97 Å². The van der Waals surface area contributed by atoms with Gasteiger partial charge in [0.05, 0.1) is 19.4 Å². The molecular weight excluding hydrogens is 419 g/mol. The van der Waals surface area contributed by atoms with Crippen molar-refractivity contribution in [3.63, 3.8) is 0 Å². The fraction of sp³-hybridized carbons (Fsp3) is 0.407. The van der Waals surface area contributed by atoms with Gasteiger partial charge in [-0.1, -0.05) is 46.8 Å². The molecule has 0 saturated carbocycles. The van der Waals surface area contributed by atoms with Gasteiger partial charge in [-0.2, -0.15) is 0 Å². The standard InChI is InChI=1S/C27H33FN2O3/c1-17(2)19-10-11-29-25(13-19)33-16-18-8-9-20(21-14-24(31-6)30-15-23(21)28)22(12-18)26(32-7)27(3,4)5/h8-15,17,26H,16H2,1-7H3/t26-/m1/s1. The van der Waals surface area contributed by atoms with E-state index in [0.717, 1.165) is 16.7 Å². The Bertz CT molecular complexity index is 1090. The van der Waals surface area contributed by atoms with Crippen LogP contribution in [0.5, 0.6) is 11.8 Å². The molecule has 176 valence electrons. The lowest BCUT2D eigenvalue weighted by atomic mass is 9.81. The minimum absolute atomic E-state index is 0.219. The largest absolute Gasteiger partial charge is 0.481 e. The van der Waals surface area contributed by atoms with Crippen LogP contribution in [-0.4, -0.2) is 24.2 Å². The van der Waals surface area contributed by atoms with Crippen LogP contribution in [0.15, 0.2) is 48.8 Å². The molecule has 0 aliphatic rings. The highest BCUT2D eigenvalue weighted by Crippen LogP contribution is 2.41. The summed E-state index contributed by atoms with van der Waals surface area (Å²) in [5, 5.41) is 0. The van der Waals surface area contributed by atoms with Crippen LogP contribution in [0.2, 0.25) is 0 Å². The van der Waals surface area contributed by atoms with E-state index in [0.29, 0.717) is 29.8 Å². The van der Waals surface area contributed by atoms with Crippen molar-refractivity contribution in [2.24, 2.45) is 5.41 Å². The third-order valence-corrected chi connectivity index (χ3v) is 5.56. The number of rotatable bonds is 8. The third-order valence-electron chi connectivity index (χ3n) is 5.56. The maximum atomic E-state index is 14.8. The topological polar surface area (TPSA) is 53.5 Å². The Balaban J connectivity index is 2.01. The third kappa shape index (κ3) is 5.88. The molecular formula is C27H33FN2O3. The molecule has 1 aromatic carbocycles. The minimum Gasteiger partial charge on any atom is -0.481 e. The van der Waals surface area contributed by atoms with Crippen LogP contribution < -0.4 is 9.47 Å². The van der Waals surface area contributed by atoms with Crippen molar-refractivity contribution in [3.05, 3.63) is 71.3 Å². The number of pyridine rings is 2. The van der Waals surface area contributed by atoms with Gasteiger partial charge in [0.15, 0.2) is 0 Å². The van der Waals surface area contributed by atoms with Gasteiger partial charge in [0.2, 0.25) is 11.8 Å². The van der Waals surface area contributed by atoms with E-state index in [1.165, 1.54) is 18.9 Å². The average molecular weight is 453 g/mol. The number of halogens is 1. The van der Waals surface area contributed by atoms with Crippen LogP contribution in [0.25, 0.3) is 11.1 Å². The summed E-state index contributed by atoms with van der Waals surface area (Å²) >= 11 is 0. The van der Waals surface area contributed by atoms with E-state index >= 15 is 0 Å². The van der Waals surface area contributed by atoms with Gasteiger partial charge in [0.1, 0.15) is 12.4 Å². The Kier molecular flexibility index (Phi) is 7.69. The first-order chi connectivity index (χ1) is 15.6. The molecule has 2 aromatic heterocycles. The molecule has 0 amide bonds. The zero-order chi connectivity index (χ0) is 24.2. The summed E-state index contributed by atoms with van der Waals surface area (Å²) in [6.45, 7) is 10.9. The van der Waals surface area contributed by atoms with E-state index in [1.54, 1.807) is 19.4 Å². The summed E-state index contributed by atoms with van der Waals surface area (Å²) in [5.74, 6) is 0.906. The van der Waals surface area contributed by atoms with E-state index in [4.69, 9.17) is 14.2 Å². The lowest BCUT2D eigenvalue weighted by Gasteiger charge is -2.32. The maximum Gasteiger partial charge on any atom is 0.213 e. The van der Waals surface area contributed by atoms with Gasteiger partial charge in [-0.15, -0.1) is 0 Å². The second-order valence-electron chi connectivity index (χ2n) is 9.48. The molecule has 2 heterocycles. The Morgan fingerprint density at radius 1 is 0.939 bits per heavy atom. The SMILES string of the molecule is COc1cc(-c2ccc(COc3cc(C(C)C)ccn3)cc2[C@@H](OC)C(C)(C)C)c(F)cn1. The molecule has 0 aliphatic heterocycles. The number of nitrogens with zero attached hydrogens (tertiary/aromatic N) is 2. The molecule has 0 radical (unpaired) electrons. The van der Waals surface area contributed by atoms with Crippen molar-refractivity contribution >= 4 is 0 Å². The molecule has 6 heteroatoms. The first-order valence-electron chi connectivity index (χ1n) is 11.1. The lowest BCUT2D eigenvalue weighted by Crippen LogP contribution is -2.21. The van der Waals surface area contributed by atoms with Crippen molar-refractivity contribution in [1.29, 1.82) is 0 Å². The van der Waals surface area contributed by atoms with Crippen LogP contribution in [0.3, 0.4) is 0 Å². The van der Waals surface area contributed by atoms with E-state index < -0.39 is 5.82 Å². The number of methoxy groups -OCH3 is 2. The molecule has 0 spiro atoms. The number of benzene rings is 1. The van der Waals surface area contributed by atoms with Crippen molar-refractivity contribution in [2.75, 3.05) is 14.2 Å². The molecule has 33 heavy (non-hydrogen) atoms. The van der Waals surface area contributed by atoms with Crippen LogP contribution in [0, 0.1) is 11.2 Å². The summed E-state index contributed by atoms with van der Waals surface area (Å²) in [7, 11) is 3.19. The summed E-state index contributed by atoms with van der Waals surface area (Å²) in [6.07, 6.45) is 2.68. The second kappa shape index (κ2) is 10.3. The monoisotopic (exact) mass is 452 g/mol. The highest BCUT2D eigenvalue weighted by atomic mass is 19.1. The van der Waals surface area contributed by atoms with Gasteiger partial charge in [0.25, 0.3) is 0 Å². The van der Waals surface area contributed by atoms with Crippen molar-refractivity contribution in [3.8, 4) is 22.9 Å². The molecule has 1 atom stereocenters. The van der Waals surface area contributed by atoms with Crippen LogP contribution in [0.4, 0.5) is 4.39 Å². The van der Waals surface area contributed by atoms with E-state index in [-0.39, 0.29) is 11.5 Å². The normalized spacial score (nSPS) is 12.6. The Hall–Kier alpha value is -2.99. The molecule has 3 aromatic rings. The molecule has 5 nitrogen and oxygen atoms in total. The first-order valence-corrected chi connectivity index (χ1v) is 11.1. The molecule has 0 N–H and O–H groups in total. The van der Waals surface area contributed by atoms with Crippen molar-refractivity contribution in [2.45, 2.75) is 53.2 Å². The van der Waals surface area contributed by atoms with E-state index in [1.807, 2.05) is 30.3 Å². The van der Waals surface area contributed by atoms with Gasteiger partial charge in [0, 0.05) is 31.0 Å². The van der Waals surface area contributed by atoms with Gasteiger partial charge in [-0.25, -0.2) is 14.4 Å². The van der Waals surface area contributed by atoms with E-state index in [9.17, 15) is 4.39 Å². The molecule has 0 unspecified atom stereocenters. The summed E-state index contributed by atoms with van der Waals surface area (Å²) in [4.78, 5) is 8.30. The fourth-order valence-corrected chi connectivity index (χ4v) is 3.87. The molecule has 0 saturated heterocycles. The Labute approximate surface area is 196 Å². The van der Waals surface area contributed by atoms with Crippen LogP contribution in [0.1, 0.15) is 63.3 Å². The predicted molar refractivity (Wildman–Crippen MR) is 128 cm³/mol. The van der Waals surface area contributed by atoms with Gasteiger partial charge in [-0.3, -0.25) is 0 Å². The summed E-state index contributed by atoms with van der Waals surface area (Å²) in [5.41, 5.74) is 3.93. The second-order valence-corrected chi connectivity index (χ2v) is 9.48. The molecule has 0 bridgehead atoms. The van der Waals surface area contributed by atoms with E-state index in [2.05, 4.69) is 44.6 Å². The quantitative estimate of drug-likeness (QED) is 0.379. The first kappa shape index (κ1) is 24.6. The van der Waals surface area contributed by atoms with Gasteiger partial charge >= 0.3 is 0 Å². The van der Waals surface area contributed by atoms with Crippen LogP contribution in [-0.2, 0) is 11.3 Å². The smallest absolute Gasteiger partial charge is 0.213 e. The molecule has 0 aliphatic carbocycles. The number of hydrogen-bond donors (Lipinski definition) is 0. The van der Waals surface area contributed by atoms with Crippen molar-refractivity contribution < 1.29 is 18.6 Å². The molecule has 3 rings (SSSR count). The lowest BCUT2D eigenvalue weighted by molar-refractivity contribution is 0.0155. The number of hydrogen-bond acceptors (Lipinski definition) is 5. The zero-order valence-electron chi connectivity index (χ0n) is 20.5. The maximum absolute atomic E-state index is 14.8. The summed E-state index contributed by atoms with van der Waals surface area (Å²) < 4.78 is 31.9. The average Bonchev–Trinajstić information content (AvgIpc) is 2.78. The predicted octanol–water partition coefficient (Wildman–Crippen LogP) is 6.73. The molecule has 0 fully saturated rings. The zero-order valence-corrected chi connectivity index (χ0v) is 20.5. The summed E-state index contributed by atoms with van der Waals surface area (Å²) in [6, 6.07) is 11.4.